The third-order valence-electron chi connectivity index (χ3n) is 10.5. The summed E-state index contributed by atoms with van der Waals surface area (Å²) in [4.78, 5) is 41.7. The van der Waals surface area contributed by atoms with Gasteiger partial charge in [-0.05, 0) is 39.0 Å². The number of nitrogens with one attached hydrogen (secondary N) is 1. The Morgan fingerprint density at radius 3 is 2.62 bits per heavy atom. The Morgan fingerprint density at radius 1 is 1.08 bits per heavy atom. The van der Waals surface area contributed by atoms with E-state index in [-0.39, 0.29) is 71.5 Å². The topological polar surface area (TPSA) is 141 Å². The second kappa shape index (κ2) is 7.17. The summed E-state index contributed by atoms with van der Waals surface area (Å²) in [6.45, 7) is 10.5. The number of hydrogen-bond donors (Lipinski definition) is 2. The molecule has 3 aliphatic heterocycles. The third kappa shape index (κ3) is 2.75. The summed E-state index contributed by atoms with van der Waals surface area (Å²) in [7, 11) is 0. The number of epoxide rings is 2. The van der Waals surface area contributed by atoms with Gasteiger partial charge in [0.15, 0.2) is 17.2 Å². The van der Waals surface area contributed by atoms with Crippen molar-refractivity contribution in [3.63, 3.8) is 0 Å². The highest BCUT2D eigenvalue weighted by atomic mass is 16.6. The van der Waals surface area contributed by atoms with E-state index in [2.05, 4.69) is 60.1 Å². The number of ketones is 1. The van der Waals surface area contributed by atoms with Gasteiger partial charge in [0.2, 0.25) is 5.91 Å². The molecule has 4 fully saturated rings. The van der Waals surface area contributed by atoms with Crippen LogP contribution in [0, 0.1) is 29.1 Å². The van der Waals surface area contributed by atoms with Crippen LogP contribution < -0.4 is 11.1 Å². The standard InChI is InChI=1S/C27H34N6O4/c1-12-7-6-8-15-21-25(4,37-21)13(2)18-14(3)32-24(35)27(15,18)17(34)9-16(26(5)20(12)36-26)33-11-31-19-22(28)29-10-30-23(19)33/h6,8,10-16,18,20-21H,7,9H2,1-5H3,(H,32,35)(H2,28,29,30). The lowest BCUT2D eigenvalue weighted by atomic mass is 9.51. The maximum Gasteiger partial charge on any atom is 0.235 e. The summed E-state index contributed by atoms with van der Waals surface area (Å²) in [6.07, 6.45) is 8.02. The molecule has 10 heteroatoms. The smallest absolute Gasteiger partial charge is 0.235 e. The Bertz CT molecular complexity index is 1370. The predicted molar refractivity (Wildman–Crippen MR) is 134 cm³/mol. The molecule has 0 radical (unpaired) electrons. The van der Waals surface area contributed by atoms with E-state index < -0.39 is 17.1 Å². The van der Waals surface area contributed by atoms with Crippen LogP contribution in [-0.2, 0) is 19.1 Å². The Morgan fingerprint density at radius 2 is 1.84 bits per heavy atom. The molecule has 10 nitrogen and oxygen atoms in total. The van der Waals surface area contributed by atoms with Crippen molar-refractivity contribution in [1.82, 2.24) is 24.8 Å². The van der Waals surface area contributed by atoms with Crippen LogP contribution in [0.2, 0.25) is 0 Å². The molecule has 7 rings (SSSR count). The van der Waals surface area contributed by atoms with Crippen molar-refractivity contribution < 1.29 is 19.1 Å². The first-order valence-electron chi connectivity index (χ1n) is 13.3. The lowest BCUT2D eigenvalue weighted by Gasteiger charge is -2.46. The highest BCUT2D eigenvalue weighted by molar-refractivity contribution is 6.09. The Labute approximate surface area is 215 Å². The van der Waals surface area contributed by atoms with E-state index in [4.69, 9.17) is 15.2 Å². The van der Waals surface area contributed by atoms with Gasteiger partial charge in [-0.2, -0.15) is 0 Å². The van der Waals surface area contributed by atoms with Gasteiger partial charge in [-0.1, -0.05) is 26.0 Å². The molecule has 2 aromatic heterocycles. The van der Waals surface area contributed by atoms with E-state index in [0.29, 0.717) is 11.2 Å². The van der Waals surface area contributed by atoms with Crippen molar-refractivity contribution in [2.24, 2.45) is 29.1 Å². The average molecular weight is 507 g/mol. The minimum Gasteiger partial charge on any atom is -0.382 e. The van der Waals surface area contributed by atoms with E-state index in [9.17, 15) is 9.59 Å². The number of carbonyl (C=O) groups is 2. The van der Waals surface area contributed by atoms with Crippen molar-refractivity contribution in [1.29, 1.82) is 0 Å². The number of nitrogen functional groups attached to an aromatic ring is 1. The summed E-state index contributed by atoms with van der Waals surface area (Å²) in [5.74, 6) is -0.182. The van der Waals surface area contributed by atoms with E-state index in [1.165, 1.54) is 6.33 Å². The minimum atomic E-state index is -1.20. The largest absolute Gasteiger partial charge is 0.382 e. The molecule has 37 heavy (non-hydrogen) atoms. The number of fused-ring (bicyclic) bond motifs is 4. The number of anilines is 1. The fourth-order valence-electron chi connectivity index (χ4n) is 8.32. The predicted octanol–water partition coefficient (Wildman–Crippen LogP) is 2.21. The second-order valence-corrected chi connectivity index (χ2v) is 12.3. The summed E-state index contributed by atoms with van der Waals surface area (Å²) in [6, 6.07) is -0.540. The average Bonchev–Trinajstić information content (AvgIpc) is 3.64. The van der Waals surface area contributed by atoms with Crippen LogP contribution in [-0.4, -0.2) is 60.7 Å². The number of hydrogen-bond acceptors (Lipinski definition) is 8. The van der Waals surface area contributed by atoms with Gasteiger partial charge in [0.25, 0.3) is 0 Å². The zero-order valence-corrected chi connectivity index (χ0v) is 21.8. The van der Waals surface area contributed by atoms with Crippen LogP contribution in [0.5, 0.6) is 0 Å². The third-order valence-corrected chi connectivity index (χ3v) is 10.5. The zero-order valence-electron chi connectivity index (χ0n) is 21.8. The van der Waals surface area contributed by atoms with Crippen LogP contribution in [0.1, 0.15) is 53.5 Å². The fourth-order valence-corrected chi connectivity index (χ4v) is 8.32. The number of aromatic nitrogens is 4. The van der Waals surface area contributed by atoms with Gasteiger partial charge in [0.05, 0.1) is 30.2 Å². The molecule has 1 saturated carbocycles. The molecule has 2 aromatic rings. The Hall–Kier alpha value is -2.85. The molecule has 0 aromatic carbocycles. The zero-order chi connectivity index (χ0) is 26.1. The highest BCUT2D eigenvalue weighted by Crippen LogP contribution is 2.66. The molecule has 196 valence electrons. The number of rotatable bonds is 1. The van der Waals surface area contributed by atoms with Gasteiger partial charge >= 0.3 is 0 Å². The van der Waals surface area contributed by atoms with E-state index >= 15 is 0 Å². The van der Waals surface area contributed by atoms with E-state index in [1.807, 2.05) is 11.5 Å². The molecule has 0 bridgehead atoms. The molecular formula is C27H34N6O4. The Kier molecular flexibility index (Phi) is 4.51. The summed E-state index contributed by atoms with van der Waals surface area (Å²) < 4.78 is 14.6. The lowest BCUT2D eigenvalue weighted by Crippen LogP contribution is -2.58. The maximum atomic E-state index is 14.8. The van der Waals surface area contributed by atoms with Crippen molar-refractivity contribution >= 4 is 28.7 Å². The van der Waals surface area contributed by atoms with Crippen LogP contribution in [0.25, 0.3) is 11.2 Å². The maximum absolute atomic E-state index is 14.8. The molecule has 1 amide bonds. The van der Waals surface area contributed by atoms with Crippen molar-refractivity contribution in [3.05, 3.63) is 24.8 Å². The first kappa shape index (κ1) is 23.3. The summed E-state index contributed by atoms with van der Waals surface area (Å²) in [5, 5.41) is 3.16. The van der Waals surface area contributed by atoms with Gasteiger partial charge in [-0.25, -0.2) is 15.0 Å². The summed E-state index contributed by atoms with van der Waals surface area (Å²) in [5.41, 5.74) is 4.99. The van der Waals surface area contributed by atoms with Crippen molar-refractivity contribution in [3.8, 4) is 0 Å². The van der Waals surface area contributed by atoms with E-state index in [0.717, 1.165) is 6.42 Å². The van der Waals surface area contributed by atoms with Crippen LogP contribution in [0.4, 0.5) is 5.82 Å². The number of nitrogens with zero attached hydrogens (tertiary/aromatic N) is 4. The molecule has 5 heterocycles. The molecule has 5 aliphatic rings. The number of carbonyl (C=O) groups excluding carboxylic acids is 2. The van der Waals surface area contributed by atoms with Gasteiger partial charge in [0, 0.05) is 24.3 Å². The first-order valence-corrected chi connectivity index (χ1v) is 13.3. The number of amides is 1. The van der Waals surface area contributed by atoms with Crippen LogP contribution >= 0.6 is 0 Å². The second-order valence-electron chi connectivity index (χ2n) is 12.3. The molecule has 3 N–H and O–H groups in total. The number of Topliss-reactive ketones (excluding diaryl/α,β-unsaturated/α-hetero) is 1. The highest BCUT2D eigenvalue weighted by Gasteiger charge is 2.78. The van der Waals surface area contributed by atoms with Crippen molar-refractivity contribution in [2.45, 2.75) is 83.0 Å². The van der Waals surface area contributed by atoms with Crippen molar-refractivity contribution in [2.75, 3.05) is 5.73 Å². The molecule has 11 unspecified atom stereocenters. The molecular weight excluding hydrogens is 472 g/mol. The van der Waals surface area contributed by atoms with E-state index in [1.54, 1.807) is 6.33 Å². The number of imidazole rings is 1. The minimum absolute atomic E-state index is 0.0438. The lowest BCUT2D eigenvalue weighted by molar-refractivity contribution is -0.149. The first-order chi connectivity index (χ1) is 17.5. The monoisotopic (exact) mass is 506 g/mol. The summed E-state index contributed by atoms with van der Waals surface area (Å²) >= 11 is 0. The SMILES string of the molecule is CC1CC=CC2C3OC3(C)C(C)C3C(C)NC(=O)C23C(=O)CC(n2cnc3c(N)ncnc32)C2(C)OC12. The molecule has 1 spiro atoms. The van der Waals surface area contributed by atoms with Gasteiger partial charge in [-0.3, -0.25) is 9.59 Å². The normalized spacial score (nSPS) is 48.4. The van der Waals surface area contributed by atoms with Crippen LogP contribution in [0.3, 0.4) is 0 Å². The Balaban J connectivity index is 1.41. The van der Waals surface area contributed by atoms with Crippen LogP contribution in [0.15, 0.2) is 24.8 Å². The van der Waals surface area contributed by atoms with Gasteiger partial charge < -0.3 is 25.1 Å². The number of ether oxygens (including phenoxy) is 2. The number of allylic oxidation sites excluding steroid dienone is 1. The fraction of sp³-hybridized carbons (Fsp3) is 0.667. The quantitative estimate of drug-likeness (QED) is 0.341. The molecule has 11 atom stereocenters. The molecule has 3 saturated heterocycles. The van der Waals surface area contributed by atoms with Gasteiger partial charge in [0.1, 0.15) is 22.9 Å². The molecule has 2 aliphatic carbocycles. The number of nitrogens with two attached hydrogens (primary N) is 1. The van der Waals surface area contributed by atoms with Gasteiger partial charge in [-0.15, -0.1) is 0 Å².